The Kier molecular flexibility index (Phi) is 9.68. The van der Waals surface area contributed by atoms with Crippen LogP contribution in [0.25, 0.3) is 0 Å². The van der Waals surface area contributed by atoms with Crippen LogP contribution >= 0.6 is 0 Å². The van der Waals surface area contributed by atoms with E-state index in [0.717, 1.165) is 13.1 Å². The van der Waals surface area contributed by atoms with Crippen molar-refractivity contribution in [2.45, 2.75) is 13.1 Å². The molecule has 48 heavy (non-hydrogen) atoms. The standard InChI is InChI=1S/C44H40N2Si2/c1-8-22-38(23-9-1)36-45-48(43-32-18-6-19-33-43,44-34-20-7-21-35-44)46(37-39-24-10-2-11-25-39)47(40-26-12-3-13-27-40,41-28-14-4-15-29-41)42-30-16-5-17-31-42/h1-35,45H,36-37H2. The Labute approximate surface area is 287 Å². The third kappa shape index (κ3) is 6.15. The summed E-state index contributed by atoms with van der Waals surface area (Å²) in [7, 11) is -6.12. The molecule has 7 aromatic rings. The first kappa shape index (κ1) is 31.5. The van der Waals surface area contributed by atoms with E-state index in [1.807, 2.05) is 0 Å². The Bertz CT molecular complexity index is 1840. The summed E-state index contributed by atoms with van der Waals surface area (Å²) in [6.07, 6.45) is 0. The first-order valence-corrected chi connectivity index (χ1v) is 20.6. The average Bonchev–Trinajstić information content (AvgIpc) is 3.18. The minimum Gasteiger partial charge on any atom is -0.315 e. The molecule has 0 aliphatic rings. The zero-order valence-corrected chi connectivity index (χ0v) is 29.1. The second-order valence-electron chi connectivity index (χ2n) is 12.2. The van der Waals surface area contributed by atoms with Crippen LogP contribution in [-0.4, -0.2) is 20.9 Å². The van der Waals surface area contributed by atoms with Crippen LogP contribution < -0.4 is 30.9 Å². The molecule has 0 amide bonds. The highest BCUT2D eigenvalue weighted by atomic mass is 28.4. The number of benzene rings is 7. The van der Waals surface area contributed by atoms with Crippen molar-refractivity contribution in [3.63, 3.8) is 0 Å². The first-order valence-electron chi connectivity index (χ1n) is 16.7. The molecule has 4 heteroatoms. The van der Waals surface area contributed by atoms with Crippen molar-refractivity contribution in [3.05, 3.63) is 223 Å². The van der Waals surface area contributed by atoms with Gasteiger partial charge in [0.05, 0.1) is 0 Å². The van der Waals surface area contributed by atoms with Crippen molar-refractivity contribution in [1.82, 2.24) is 9.21 Å². The Morgan fingerprint density at radius 1 is 0.333 bits per heavy atom. The third-order valence-electron chi connectivity index (χ3n) is 9.34. The van der Waals surface area contributed by atoms with Crippen molar-refractivity contribution in [2.24, 2.45) is 0 Å². The van der Waals surface area contributed by atoms with Crippen molar-refractivity contribution in [3.8, 4) is 0 Å². The Balaban J connectivity index is 1.64. The Morgan fingerprint density at radius 2 is 0.625 bits per heavy atom. The number of hydrogen-bond acceptors (Lipinski definition) is 2. The number of nitrogens with one attached hydrogen (secondary N) is 1. The highest BCUT2D eigenvalue weighted by molar-refractivity contribution is 7.18. The maximum Gasteiger partial charge on any atom is 0.264 e. The molecule has 0 aliphatic heterocycles. The monoisotopic (exact) mass is 652 g/mol. The molecule has 0 atom stereocenters. The molecular weight excluding hydrogens is 613 g/mol. The van der Waals surface area contributed by atoms with Gasteiger partial charge in [-0.2, -0.15) is 0 Å². The lowest BCUT2D eigenvalue weighted by atomic mass is 10.2. The molecule has 1 N–H and O–H groups in total. The van der Waals surface area contributed by atoms with E-state index in [2.05, 4.69) is 222 Å². The number of hydrogen-bond donors (Lipinski definition) is 1. The zero-order chi connectivity index (χ0) is 32.5. The summed E-state index contributed by atoms with van der Waals surface area (Å²) in [6, 6.07) is 78.4. The number of rotatable bonds is 12. The fourth-order valence-electron chi connectivity index (χ4n) is 7.22. The van der Waals surface area contributed by atoms with Crippen molar-refractivity contribution >= 4 is 42.6 Å². The predicted molar refractivity (Wildman–Crippen MR) is 207 cm³/mol. The molecular formula is C44H40N2Si2. The minimum absolute atomic E-state index is 0.741. The highest BCUT2D eigenvalue weighted by Crippen LogP contribution is 2.25. The van der Waals surface area contributed by atoms with E-state index in [4.69, 9.17) is 0 Å². The van der Waals surface area contributed by atoms with Gasteiger partial charge in [-0.3, -0.25) is 0 Å². The summed E-state index contributed by atoms with van der Waals surface area (Å²) in [5, 5.41) is 6.76. The lowest BCUT2D eigenvalue weighted by Crippen LogP contribution is -2.90. The summed E-state index contributed by atoms with van der Waals surface area (Å²) in [5.41, 5.74) is 2.56. The molecule has 0 fully saturated rings. The lowest BCUT2D eigenvalue weighted by molar-refractivity contribution is 0.608. The first-order chi connectivity index (χ1) is 23.8. The van der Waals surface area contributed by atoms with Gasteiger partial charge in [0, 0.05) is 13.1 Å². The van der Waals surface area contributed by atoms with Gasteiger partial charge in [0.1, 0.15) is 0 Å². The van der Waals surface area contributed by atoms with Gasteiger partial charge in [-0.25, -0.2) is 0 Å². The Hall–Kier alpha value is -5.11. The van der Waals surface area contributed by atoms with Gasteiger partial charge in [0.2, 0.25) is 8.24 Å². The Morgan fingerprint density at radius 3 is 0.979 bits per heavy atom. The normalized spacial score (nSPS) is 11.8. The molecule has 0 aromatic heterocycles. The molecule has 2 nitrogen and oxygen atoms in total. The van der Waals surface area contributed by atoms with E-state index in [9.17, 15) is 0 Å². The molecule has 0 heterocycles. The summed E-state index contributed by atoms with van der Waals surface area (Å²) >= 11 is 0. The number of nitrogens with zero attached hydrogens (tertiary/aromatic N) is 1. The van der Waals surface area contributed by atoms with E-state index < -0.39 is 16.6 Å². The van der Waals surface area contributed by atoms with Crippen LogP contribution in [-0.2, 0) is 13.1 Å². The molecule has 0 bridgehead atoms. The van der Waals surface area contributed by atoms with E-state index >= 15 is 0 Å². The van der Waals surface area contributed by atoms with Gasteiger partial charge in [0.15, 0.2) is 0 Å². The van der Waals surface area contributed by atoms with Crippen molar-refractivity contribution < 1.29 is 0 Å². The van der Waals surface area contributed by atoms with Crippen LogP contribution in [0.15, 0.2) is 212 Å². The van der Waals surface area contributed by atoms with E-state index in [-0.39, 0.29) is 0 Å². The van der Waals surface area contributed by atoms with Crippen molar-refractivity contribution in [1.29, 1.82) is 0 Å². The van der Waals surface area contributed by atoms with Crippen molar-refractivity contribution in [2.75, 3.05) is 0 Å². The predicted octanol–water partition coefficient (Wildman–Crippen LogP) is 6.20. The molecule has 7 rings (SSSR count). The maximum absolute atomic E-state index is 4.42. The van der Waals surface area contributed by atoms with Gasteiger partial charge < -0.3 is 9.21 Å². The summed E-state index contributed by atoms with van der Waals surface area (Å²) in [4.78, 5) is 4.42. The minimum atomic E-state index is -3.08. The molecule has 0 aliphatic carbocycles. The van der Waals surface area contributed by atoms with Gasteiger partial charge in [-0.05, 0) is 37.1 Å². The maximum atomic E-state index is 4.42. The molecule has 234 valence electrons. The summed E-state index contributed by atoms with van der Waals surface area (Å²) in [5.74, 6) is 0. The second-order valence-corrected chi connectivity index (χ2v) is 19.8. The smallest absolute Gasteiger partial charge is 0.264 e. The van der Waals surface area contributed by atoms with E-state index in [0.29, 0.717) is 0 Å². The quantitative estimate of drug-likeness (QED) is 0.125. The fraction of sp³-hybridized carbons (Fsp3) is 0.0455. The molecule has 7 aromatic carbocycles. The second kappa shape index (κ2) is 14.8. The van der Waals surface area contributed by atoms with Crippen LogP contribution in [0.5, 0.6) is 0 Å². The van der Waals surface area contributed by atoms with E-state index in [1.165, 1.54) is 37.1 Å². The highest BCUT2D eigenvalue weighted by Gasteiger charge is 2.57. The summed E-state index contributed by atoms with van der Waals surface area (Å²) < 4.78 is 2.99. The van der Waals surface area contributed by atoms with Crippen LogP contribution in [0.1, 0.15) is 11.1 Å². The van der Waals surface area contributed by atoms with Crippen LogP contribution in [0.2, 0.25) is 0 Å². The van der Waals surface area contributed by atoms with Gasteiger partial charge in [-0.1, -0.05) is 212 Å². The molecule has 0 saturated heterocycles. The fourth-order valence-corrected chi connectivity index (χ4v) is 19.6. The zero-order valence-electron chi connectivity index (χ0n) is 27.1. The van der Waals surface area contributed by atoms with Crippen LogP contribution in [0, 0.1) is 0 Å². The molecule has 0 saturated carbocycles. The van der Waals surface area contributed by atoms with E-state index in [1.54, 1.807) is 0 Å². The lowest BCUT2D eigenvalue weighted by Gasteiger charge is -2.53. The topological polar surface area (TPSA) is 15.3 Å². The molecule has 0 radical (unpaired) electrons. The largest absolute Gasteiger partial charge is 0.315 e. The SMILES string of the molecule is c1ccc(CN[Si](c2ccccc2)(c2ccccc2)N(Cc2ccccc2)[Si](c2ccccc2)(c2ccccc2)c2ccccc2)cc1. The van der Waals surface area contributed by atoms with Gasteiger partial charge in [0.25, 0.3) is 8.40 Å². The third-order valence-corrected chi connectivity index (χ3v) is 19.8. The average molecular weight is 653 g/mol. The van der Waals surface area contributed by atoms with Crippen LogP contribution in [0.3, 0.4) is 0 Å². The van der Waals surface area contributed by atoms with Gasteiger partial charge >= 0.3 is 0 Å². The molecule has 0 spiro atoms. The summed E-state index contributed by atoms with van der Waals surface area (Å²) in [6.45, 7) is 1.51. The van der Waals surface area contributed by atoms with Gasteiger partial charge in [-0.15, -0.1) is 0 Å². The van der Waals surface area contributed by atoms with Crippen LogP contribution in [0.4, 0.5) is 0 Å². The molecule has 0 unspecified atom stereocenters.